The van der Waals surface area contributed by atoms with E-state index in [0.717, 1.165) is 27.8 Å². The van der Waals surface area contributed by atoms with E-state index < -0.39 is 65.7 Å². The Balaban J connectivity index is 1.43. The second-order valence-corrected chi connectivity index (χ2v) is 15.5. The Morgan fingerprint density at radius 1 is 0.717 bits per heavy atom. The van der Waals surface area contributed by atoms with E-state index in [-0.39, 0.29) is 50.7 Å². The molecule has 0 bridgehead atoms. The van der Waals surface area contributed by atoms with Crippen LogP contribution in [0.3, 0.4) is 0 Å². The number of hydrogen-bond donors (Lipinski definition) is 8. The molecule has 16 nitrogen and oxygen atoms in total. The van der Waals surface area contributed by atoms with Crippen LogP contribution < -0.4 is 38.5 Å². The molecule has 11 N–H and O–H groups in total. The van der Waals surface area contributed by atoms with E-state index >= 15 is 0 Å². The highest BCUT2D eigenvalue weighted by Crippen LogP contribution is 2.30. The molecule has 1 heterocycles. The van der Waals surface area contributed by atoms with Gasteiger partial charge in [-0.25, -0.2) is 4.79 Å². The fourth-order valence-corrected chi connectivity index (χ4v) is 8.01. The molecule has 0 fully saturated rings. The zero-order valence-corrected chi connectivity index (χ0v) is 34.0. The Hall–Kier alpha value is -6.29. The van der Waals surface area contributed by atoms with E-state index in [1.807, 2.05) is 54.6 Å². The molecule has 0 unspecified atom stereocenters. The summed E-state index contributed by atoms with van der Waals surface area (Å²) in [6, 6.07) is 18.6. The van der Waals surface area contributed by atoms with Crippen molar-refractivity contribution < 1.29 is 33.9 Å². The largest absolute Gasteiger partial charge is 0.480 e. The number of fused-ring (bicyclic) bond motifs is 2. The Morgan fingerprint density at radius 2 is 1.30 bits per heavy atom. The predicted molar refractivity (Wildman–Crippen MR) is 226 cm³/mol. The second kappa shape index (κ2) is 21.6. The number of hydrogen-bond acceptors (Lipinski definition) is 8. The van der Waals surface area contributed by atoms with Gasteiger partial charge in [0.05, 0.1) is 0 Å². The van der Waals surface area contributed by atoms with Crippen LogP contribution in [0.1, 0.15) is 66.8 Å². The number of carbonyl (C=O) groups is 6. The lowest BCUT2D eigenvalue weighted by molar-refractivity contribution is -0.146. The van der Waals surface area contributed by atoms with Crippen LogP contribution in [0, 0.1) is 5.92 Å². The Morgan fingerprint density at radius 3 is 1.90 bits per heavy atom. The average Bonchev–Trinajstić information content (AvgIpc) is 3.66. The Kier molecular flexibility index (Phi) is 16.2. The SMILES string of the molecule is CC(=O)N[C@H](C(=O)N[C@@H](CCCN=C(N)N)C(=O)N1Cc2ccccc2C[C@H]1C(=O)N[C@@H](Cc1ccccc1)C(=O)N[C@@H](CCCCN)C(=O)O)C1Cc2ccccc2C1. The number of carbonyl (C=O) groups excluding carboxylic acids is 5. The number of aliphatic imine (C=N–C) groups is 1. The average molecular weight is 824 g/mol. The van der Waals surface area contributed by atoms with Gasteiger partial charge in [0, 0.05) is 32.9 Å². The minimum atomic E-state index is -1.21. The number of carboxylic acid groups (broad SMARTS) is 1. The van der Waals surface area contributed by atoms with Crippen LogP contribution in [0.15, 0.2) is 83.9 Å². The number of unbranched alkanes of at least 4 members (excludes halogenated alkanes) is 1. The van der Waals surface area contributed by atoms with Crippen molar-refractivity contribution in [3.8, 4) is 0 Å². The summed E-state index contributed by atoms with van der Waals surface area (Å²) in [4.78, 5) is 87.6. The Labute approximate surface area is 350 Å². The normalized spacial score (nSPS) is 16.5. The highest BCUT2D eigenvalue weighted by molar-refractivity contribution is 5.96. The third kappa shape index (κ3) is 12.4. The number of guanidine groups is 1. The van der Waals surface area contributed by atoms with Crippen molar-refractivity contribution in [2.24, 2.45) is 28.1 Å². The molecule has 0 saturated carbocycles. The molecule has 0 radical (unpaired) electrons. The van der Waals surface area contributed by atoms with Crippen molar-refractivity contribution in [2.75, 3.05) is 13.1 Å². The molecule has 5 amide bonds. The maximum Gasteiger partial charge on any atom is 0.326 e. The smallest absolute Gasteiger partial charge is 0.326 e. The number of carboxylic acids is 1. The van der Waals surface area contributed by atoms with Crippen molar-refractivity contribution in [3.63, 3.8) is 0 Å². The van der Waals surface area contributed by atoms with Crippen molar-refractivity contribution in [2.45, 2.75) is 101 Å². The summed E-state index contributed by atoms with van der Waals surface area (Å²) in [5.74, 6) is -4.41. The Bertz CT molecular complexity index is 2000. The maximum atomic E-state index is 14.9. The van der Waals surface area contributed by atoms with E-state index in [9.17, 15) is 33.9 Å². The van der Waals surface area contributed by atoms with Gasteiger partial charge in [0.1, 0.15) is 30.2 Å². The van der Waals surface area contributed by atoms with Crippen LogP contribution in [0.25, 0.3) is 0 Å². The molecule has 0 spiro atoms. The van der Waals surface area contributed by atoms with Gasteiger partial charge in [0.2, 0.25) is 29.5 Å². The number of rotatable bonds is 20. The van der Waals surface area contributed by atoms with Gasteiger partial charge in [-0.2, -0.15) is 0 Å². The third-order valence-electron chi connectivity index (χ3n) is 11.1. The lowest BCUT2D eigenvalue weighted by atomic mass is 9.91. The van der Waals surface area contributed by atoms with Crippen LogP contribution in [0.5, 0.6) is 0 Å². The summed E-state index contributed by atoms with van der Waals surface area (Å²) in [6.45, 7) is 1.90. The van der Waals surface area contributed by atoms with E-state index in [2.05, 4.69) is 26.3 Å². The standard InChI is InChI=1S/C44H57N9O7/c1-27(54)49-38(33-23-29-14-5-6-15-30(29)24-33)41(57)50-34(19-11-21-48-44(46)47)42(58)53-26-32-17-8-7-16-31(32)25-37(53)40(56)52-36(22-28-12-3-2-4-13-28)39(55)51-35(43(59)60)18-9-10-20-45/h2-8,12-17,33-38H,9-11,18-26,45H2,1H3,(H,49,54)(H,50,57)(H,51,55)(H,52,56)(H,59,60)(H4,46,47,48)/t34-,35-,36-,37-,38-/m0/s1. The highest BCUT2D eigenvalue weighted by Gasteiger charge is 2.41. The number of aliphatic carboxylic acids is 1. The lowest BCUT2D eigenvalue weighted by Crippen LogP contribution is -2.61. The zero-order chi connectivity index (χ0) is 43.2. The highest BCUT2D eigenvalue weighted by atomic mass is 16.4. The minimum Gasteiger partial charge on any atom is -0.480 e. The molecule has 2 aliphatic rings. The van der Waals surface area contributed by atoms with Gasteiger partial charge in [0.15, 0.2) is 5.96 Å². The van der Waals surface area contributed by atoms with Gasteiger partial charge in [-0.1, -0.05) is 78.9 Å². The topological polar surface area (TPSA) is 264 Å². The first-order valence-corrected chi connectivity index (χ1v) is 20.5. The maximum absolute atomic E-state index is 14.9. The lowest BCUT2D eigenvalue weighted by Gasteiger charge is -2.39. The number of benzene rings is 3. The predicted octanol–water partition coefficient (Wildman–Crippen LogP) is 0.824. The first-order valence-electron chi connectivity index (χ1n) is 20.5. The molecule has 60 heavy (non-hydrogen) atoms. The molecule has 3 aromatic rings. The fourth-order valence-electron chi connectivity index (χ4n) is 8.01. The first-order chi connectivity index (χ1) is 28.8. The summed E-state index contributed by atoms with van der Waals surface area (Å²) in [7, 11) is 0. The molecule has 16 heteroatoms. The number of amides is 5. The van der Waals surface area contributed by atoms with Crippen LogP contribution in [0.2, 0.25) is 0 Å². The molecular weight excluding hydrogens is 767 g/mol. The summed E-state index contributed by atoms with van der Waals surface area (Å²) < 4.78 is 0. The van der Waals surface area contributed by atoms with E-state index in [4.69, 9.17) is 17.2 Å². The number of nitrogens with zero attached hydrogens (tertiary/aromatic N) is 2. The van der Waals surface area contributed by atoms with Gasteiger partial charge in [0.25, 0.3) is 0 Å². The van der Waals surface area contributed by atoms with Gasteiger partial charge < -0.3 is 48.5 Å². The molecule has 1 aliphatic heterocycles. The van der Waals surface area contributed by atoms with Crippen LogP contribution in [-0.4, -0.2) is 94.8 Å². The van der Waals surface area contributed by atoms with Crippen molar-refractivity contribution in [1.29, 1.82) is 0 Å². The minimum absolute atomic E-state index is 0.0260. The van der Waals surface area contributed by atoms with Crippen LogP contribution in [0.4, 0.5) is 0 Å². The van der Waals surface area contributed by atoms with Gasteiger partial charge in [-0.15, -0.1) is 0 Å². The second-order valence-electron chi connectivity index (χ2n) is 15.5. The van der Waals surface area contributed by atoms with Crippen molar-refractivity contribution >= 4 is 41.5 Å². The summed E-state index contributed by atoms with van der Waals surface area (Å²) in [5.41, 5.74) is 21.3. The molecule has 0 saturated heterocycles. The van der Waals surface area contributed by atoms with Crippen molar-refractivity contribution in [3.05, 3.63) is 107 Å². The molecule has 3 aromatic carbocycles. The molecule has 5 atom stereocenters. The summed E-state index contributed by atoms with van der Waals surface area (Å²) >= 11 is 0. The van der Waals surface area contributed by atoms with Crippen molar-refractivity contribution in [1.82, 2.24) is 26.2 Å². The molecule has 1 aliphatic carbocycles. The summed E-state index contributed by atoms with van der Waals surface area (Å²) in [6.07, 6.45) is 2.87. The zero-order valence-electron chi connectivity index (χ0n) is 34.0. The summed E-state index contributed by atoms with van der Waals surface area (Å²) in [5, 5.41) is 21.1. The molecule has 5 rings (SSSR count). The number of nitrogens with one attached hydrogen (secondary N) is 4. The molecular formula is C44H57N9O7. The fraction of sp³-hybridized carbons (Fsp3) is 0.432. The first kappa shape index (κ1) is 44.8. The third-order valence-corrected chi connectivity index (χ3v) is 11.1. The monoisotopic (exact) mass is 823 g/mol. The van der Waals surface area contributed by atoms with Crippen LogP contribution >= 0.6 is 0 Å². The van der Waals surface area contributed by atoms with Gasteiger partial charge in [-0.3, -0.25) is 29.0 Å². The van der Waals surface area contributed by atoms with E-state index in [1.165, 1.54) is 11.8 Å². The van der Waals surface area contributed by atoms with Gasteiger partial charge >= 0.3 is 5.97 Å². The van der Waals surface area contributed by atoms with Gasteiger partial charge in [-0.05, 0) is 85.2 Å². The van der Waals surface area contributed by atoms with E-state index in [0.29, 0.717) is 38.6 Å². The molecule has 320 valence electrons. The molecule has 0 aromatic heterocycles. The number of nitrogens with two attached hydrogens (primary N) is 3. The van der Waals surface area contributed by atoms with E-state index in [1.54, 1.807) is 24.3 Å². The van der Waals surface area contributed by atoms with Crippen LogP contribution in [-0.2, 0) is 61.0 Å². The quantitative estimate of drug-likeness (QED) is 0.0452.